The van der Waals surface area contributed by atoms with Gasteiger partial charge in [-0.15, -0.1) is 11.3 Å². The van der Waals surface area contributed by atoms with Gasteiger partial charge in [-0.3, -0.25) is 0 Å². The number of nitrogens with zero attached hydrogens (tertiary/aromatic N) is 1. The minimum Gasteiger partial charge on any atom is -0.502 e. The zero-order valence-corrected chi connectivity index (χ0v) is 16.9. The maximum Gasteiger partial charge on any atom is 0.200 e. The number of rotatable bonds is 7. The largest absolute Gasteiger partial charge is 0.502 e. The van der Waals surface area contributed by atoms with Gasteiger partial charge >= 0.3 is 0 Å². The zero-order valence-electron chi connectivity index (χ0n) is 16.1. The maximum atomic E-state index is 10.0. The fourth-order valence-electron chi connectivity index (χ4n) is 2.67. The zero-order chi connectivity index (χ0) is 20.1. The van der Waals surface area contributed by atoms with Gasteiger partial charge in [-0.25, -0.2) is 4.98 Å². The van der Waals surface area contributed by atoms with Gasteiger partial charge in [0.25, 0.3) is 0 Å². The highest BCUT2D eigenvalue weighted by molar-refractivity contribution is 7.10. The summed E-state index contributed by atoms with van der Waals surface area (Å²) in [6, 6.07) is 9.17. The molecule has 0 aliphatic heterocycles. The molecule has 3 rings (SSSR count). The first-order valence-electron chi connectivity index (χ1n) is 8.40. The molecule has 0 unspecified atom stereocenters. The van der Waals surface area contributed by atoms with Crippen LogP contribution in [0.25, 0.3) is 23.4 Å². The number of thiazole rings is 1. The van der Waals surface area contributed by atoms with E-state index in [2.05, 4.69) is 4.98 Å². The third kappa shape index (κ3) is 4.04. The summed E-state index contributed by atoms with van der Waals surface area (Å²) in [5.74, 6) is 2.02. The topological polar surface area (TPSA) is 70.0 Å². The smallest absolute Gasteiger partial charge is 0.200 e. The van der Waals surface area contributed by atoms with Gasteiger partial charge in [-0.05, 0) is 42.0 Å². The number of methoxy groups -OCH3 is 4. The van der Waals surface area contributed by atoms with Crippen LogP contribution in [0.4, 0.5) is 0 Å². The van der Waals surface area contributed by atoms with Crippen molar-refractivity contribution >= 4 is 23.5 Å². The number of aromatic nitrogens is 1. The Hall–Kier alpha value is -3.19. The number of phenolic OH excluding ortho intramolecular Hbond substituents is 1. The summed E-state index contributed by atoms with van der Waals surface area (Å²) >= 11 is 1.53. The second kappa shape index (κ2) is 8.67. The summed E-state index contributed by atoms with van der Waals surface area (Å²) in [6.45, 7) is 0. The molecule has 0 fully saturated rings. The molecule has 1 N–H and O–H groups in total. The van der Waals surface area contributed by atoms with Gasteiger partial charge in [0.2, 0.25) is 5.75 Å². The van der Waals surface area contributed by atoms with E-state index < -0.39 is 0 Å². The predicted molar refractivity (Wildman–Crippen MR) is 111 cm³/mol. The summed E-state index contributed by atoms with van der Waals surface area (Å²) < 4.78 is 21.0. The normalized spacial score (nSPS) is 10.9. The van der Waals surface area contributed by atoms with Gasteiger partial charge in [0.15, 0.2) is 23.0 Å². The standard InChI is InChI=1S/C21H21NO5S/c1-24-16-7-6-14(11-17(16)25-2)15-12-28-20(22-15)8-5-13-9-18(26-3)21(23)19(10-13)27-4/h5-12,23H,1-4H3/b8-5+. The summed E-state index contributed by atoms with van der Waals surface area (Å²) in [7, 11) is 6.21. The summed E-state index contributed by atoms with van der Waals surface area (Å²) in [6.07, 6.45) is 3.79. The monoisotopic (exact) mass is 399 g/mol. The van der Waals surface area contributed by atoms with Gasteiger partial charge in [-0.2, -0.15) is 0 Å². The lowest BCUT2D eigenvalue weighted by Crippen LogP contribution is -1.91. The van der Waals surface area contributed by atoms with E-state index in [1.165, 1.54) is 25.6 Å². The molecule has 1 heterocycles. The van der Waals surface area contributed by atoms with E-state index in [0.29, 0.717) is 23.0 Å². The molecule has 6 nitrogen and oxygen atoms in total. The number of hydrogen-bond donors (Lipinski definition) is 1. The highest BCUT2D eigenvalue weighted by atomic mass is 32.1. The van der Waals surface area contributed by atoms with Crippen LogP contribution >= 0.6 is 11.3 Å². The predicted octanol–water partition coefficient (Wildman–Crippen LogP) is 4.72. The molecule has 0 amide bonds. The maximum absolute atomic E-state index is 10.0. The number of phenols is 1. The Morgan fingerprint density at radius 1 is 0.821 bits per heavy atom. The van der Waals surface area contributed by atoms with Crippen molar-refractivity contribution in [1.82, 2.24) is 4.98 Å². The second-order valence-electron chi connectivity index (χ2n) is 5.75. The first-order valence-corrected chi connectivity index (χ1v) is 9.28. The van der Waals surface area contributed by atoms with Crippen molar-refractivity contribution < 1.29 is 24.1 Å². The van der Waals surface area contributed by atoms with Gasteiger partial charge < -0.3 is 24.1 Å². The Balaban J connectivity index is 1.85. The Bertz CT molecular complexity index is 971. The Labute approximate surface area is 167 Å². The molecular formula is C21H21NO5S. The number of benzene rings is 2. The van der Waals surface area contributed by atoms with E-state index in [4.69, 9.17) is 18.9 Å². The SMILES string of the molecule is COc1ccc(-c2csc(/C=C/c3cc(OC)c(O)c(OC)c3)n2)cc1OC. The molecule has 0 spiro atoms. The molecule has 0 aliphatic carbocycles. The molecule has 0 bridgehead atoms. The van der Waals surface area contributed by atoms with Crippen molar-refractivity contribution in [3.05, 3.63) is 46.3 Å². The van der Waals surface area contributed by atoms with Crippen LogP contribution in [0.15, 0.2) is 35.7 Å². The second-order valence-corrected chi connectivity index (χ2v) is 6.64. The van der Waals surface area contributed by atoms with Crippen LogP contribution in [0.3, 0.4) is 0 Å². The van der Waals surface area contributed by atoms with Gasteiger partial charge in [0, 0.05) is 10.9 Å². The molecule has 2 aromatic carbocycles. The van der Waals surface area contributed by atoms with Crippen molar-refractivity contribution in [2.24, 2.45) is 0 Å². The first kappa shape index (κ1) is 19.6. The van der Waals surface area contributed by atoms with Crippen molar-refractivity contribution in [2.75, 3.05) is 28.4 Å². The summed E-state index contributed by atoms with van der Waals surface area (Å²) in [5, 5.41) is 12.8. The van der Waals surface area contributed by atoms with E-state index >= 15 is 0 Å². The van der Waals surface area contributed by atoms with E-state index in [-0.39, 0.29) is 5.75 Å². The Kier molecular flexibility index (Phi) is 6.06. The molecule has 28 heavy (non-hydrogen) atoms. The van der Waals surface area contributed by atoms with Crippen LogP contribution < -0.4 is 18.9 Å². The number of aromatic hydroxyl groups is 1. The van der Waals surface area contributed by atoms with Gasteiger partial charge in [0.1, 0.15) is 5.01 Å². The lowest BCUT2D eigenvalue weighted by atomic mass is 10.1. The van der Waals surface area contributed by atoms with Crippen LogP contribution in [0.2, 0.25) is 0 Å². The van der Waals surface area contributed by atoms with Gasteiger partial charge in [-0.1, -0.05) is 6.08 Å². The van der Waals surface area contributed by atoms with E-state index in [1.807, 2.05) is 35.7 Å². The Morgan fingerprint density at radius 2 is 1.46 bits per heavy atom. The number of ether oxygens (including phenoxy) is 4. The molecule has 0 saturated heterocycles. The summed E-state index contributed by atoms with van der Waals surface area (Å²) in [4.78, 5) is 4.65. The molecule has 3 aromatic rings. The molecule has 0 atom stereocenters. The van der Waals surface area contributed by atoms with E-state index in [1.54, 1.807) is 26.4 Å². The van der Waals surface area contributed by atoms with Crippen LogP contribution in [-0.2, 0) is 0 Å². The van der Waals surface area contributed by atoms with Crippen molar-refractivity contribution in [2.45, 2.75) is 0 Å². The van der Waals surface area contributed by atoms with Crippen LogP contribution in [-0.4, -0.2) is 38.5 Å². The minimum absolute atomic E-state index is 0.0212. The third-order valence-electron chi connectivity index (χ3n) is 4.12. The molecule has 0 radical (unpaired) electrons. The first-order chi connectivity index (χ1) is 13.6. The van der Waals surface area contributed by atoms with E-state index in [9.17, 15) is 5.11 Å². The lowest BCUT2D eigenvalue weighted by Gasteiger charge is -2.09. The van der Waals surface area contributed by atoms with Gasteiger partial charge in [0.05, 0.1) is 34.1 Å². The van der Waals surface area contributed by atoms with Crippen LogP contribution in [0.5, 0.6) is 28.7 Å². The minimum atomic E-state index is -0.0212. The average molecular weight is 399 g/mol. The lowest BCUT2D eigenvalue weighted by molar-refractivity contribution is 0.340. The average Bonchev–Trinajstić information content (AvgIpc) is 3.21. The fourth-order valence-corrected chi connectivity index (χ4v) is 3.39. The molecule has 0 saturated carbocycles. The molecule has 7 heteroatoms. The molecule has 1 aromatic heterocycles. The quantitative estimate of drug-likeness (QED) is 0.620. The van der Waals surface area contributed by atoms with Crippen molar-refractivity contribution in [3.8, 4) is 40.0 Å². The van der Waals surface area contributed by atoms with Crippen LogP contribution in [0.1, 0.15) is 10.6 Å². The Morgan fingerprint density at radius 3 is 2.07 bits per heavy atom. The third-order valence-corrected chi connectivity index (χ3v) is 4.93. The molecule has 0 aliphatic rings. The van der Waals surface area contributed by atoms with E-state index in [0.717, 1.165) is 21.8 Å². The molecular weight excluding hydrogens is 378 g/mol. The fraction of sp³-hybridized carbons (Fsp3) is 0.190. The van der Waals surface area contributed by atoms with Crippen LogP contribution in [0, 0.1) is 0 Å². The molecule has 146 valence electrons. The number of hydrogen-bond acceptors (Lipinski definition) is 7. The van der Waals surface area contributed by atoms with Crippen molar-refractivity contribution in [1.29, 1.82) is 0 Å². The van der Waals surface area contributed by atoms with Crippen molar-refractivity contribution in [3.63, 3.8) is 0 Å². The highest BCUT2D eigenvalue weighted by Gasteiger charge is 2.11. The highest BCUT2D eigenvalue weighted by Crippen LogP contribution is 2.38. The summed E-state index contributed by atoms with van der Waals surface area (Å²) in [5.41, 5.74) is 2.63.